The van der Waals surface area contributed by atoms with E-state index in [2.05, 4.69) is 50.1 Å². The molecule has 31 heavy (non-hydrogen) atoms. The number of benzene rings is 1. The first-order valence-electron chi connectivity index (χ1n) is 10.5. The lowest BCUT2D eigenvalue weighted by Gasteiger charge is -2.35. The summed E-state index contributed by atoms with van der Waals surface area (Å²) in [7, 11) is 0. The van der Waals surface area contributed by atoms with E-state index in [0.29, 0.717) is 24.8 Å². The van der Waals surface area contributed by atoms with Crippen LogP contribution >= 0.6 is 24.8 Å². The number of amides is 1. The van der Waals surface area contributed by atoms with Crippen molar-refractivity contribution in [2.24, 2.45) is 11.7 Å². The predicted molar refractivity (Wildman–Crippen MR) is 128 cm³/mol. The number of halogens is 2. The fourth-order valence-corrected chi connectivity index (χ4v) is 4.48. The third-order valence-corrected chi connectivity index (χ3v) is 6.16. The van der Waals surface area contributed by atoms with Crippen molar-refractivity contribution in [2.75, 3.05) is 57.3 Å². The number of hydrogen-bond donors (Lipinski definition) is 1. The molecule has 2 saturated heterocycles. The van der Waals surface area contributed by atoms with E-state index < -0.39 is 0 Å². The Balaban J connectivity index is 0.00000171. The Kier molecular flexibility index (Phi) is 9.96. The molecule has 0 radical (unpaired) electrons. The zero-order chi connectivity index (χ0) is 20.1. The number of nitrogens with zero attached hydrogens (tertiary/aromatic N) is 5. The van der Waals surface area contributed by atoms with Crippen molar-refractivity contribution in [2.45, 2.75) is 12.3 Å². The van der Waals surface area contributed by atoms with Crippen LogP contribution in [0.25, 0.3) is 0 Å². The summed E-state index contributed by atoms with van der Waals surface area (Å²) in [6, 6.07) is 12.4. The quantitative estimate of drug-likeness (QED) is 0.701. The molecule has 4 rings (SSSR count). The van der Waals surface area contributed by atoms with Crippen molar-refractivity contribution < 1.29 is 4.79 Å². The van der Waals surface area contributed by atoms with Gasteiger partial charge < -0.3 is 20.4 Å². The number of hydrogen-bond acceptors (Lipinski definition) is 6. The Hall–Kier alpha value is -1.93. The van der Waals surface area contributed by atoms with E-state index in [-0.39, 0.29) is 30.7 Å². The monoisotopic (exact) mass is 466 g/mol. The maximum atomic E-state index is 12.7. The number of aromatic nitrogens is 2. The van der Waals surface area contributed by atoms with Crippen molar-refractivity contribution in [3.63, 3.8) is 0 Å². The highest BCUT2D eigenvalue weighted by Crippen LogP contribution is 2.32. The van der Waals surface area contributed by atoms with Crippen LogP contribution in [-0.2, 0) is 4.79 Å². The van der Waals surface area contributed by atoms with E-state index >= 15 is 0 Å². The molecule has 2 aliphatic rings. The molecule has 9 heteroatoms. The number of carbonyl (C=O) groups excluding carboxylic acids is 1. The first kappa shape index (κ1) is 25.3. The minimum atomic E-state index is 0. The largest absolute Gasteiger partial charge is 0.339 e. The lowest BCUT2D eigenvalue weighted by molar-refractivity contribution is -0.131. The number of carbonyl (C=O) groups is 1. The van der Waals surface area contributed by atoms with Crippen molar-refractivity contribution in [1.29, 1.82) is 0 Å². The van der Waals surface area contributed by atoms with Crippen LogP contribution < -0.4 is 10.6 Å². The van der Waals surface area contributed by atoms with E-state index in [9.17, 15) is 4.79 Å². The normalized spacial score (nSPS) is 21.3. The van der Waals surface area contributed by atoms with Crippen LogP contribution in [0, 0.1) is 5.92 Å². The predicted octanol–water partition coefficient (Wildman–Crippen LogP) is 2.03. The third kappa shape index (κ3) is 6.29. The molecule has 0 aliphatic carbocycles. The van der Waals surface area contributed by atoms with Gasteiger partial charge in [0, 0.05) is 70.5 Å². The molecule has 3 heterocycles. The molecule has 2 aliphatic heterocycles. The fraction of sp³-hybridized carbons (Fsp3) is 0.500. The lowest BCUT2D eigenvalue weighted by atomic mass is 9.89. The van der Waals surface area contributed by atoms with Crippen LogP contribution in [0.2, 0.25) is 0 Å². The number of rotatable bonds is 6. The number of anilines is 1. The van der Waals surface area contributed by atoms with Crippen LogP contribution in [0.5, 0.6) is 0 Å². The van der Waals surface area contributed by atoms with Crippen molar-refractivity contribution in [3.05, 3.63) is 54.4 Å². The topological polar surface area (TPSA) is 78.6 Å². The van der Waals surface area contributed by atoms with Gasteiger partial charge >= 0.3 is 0 Å². The van der Waals surface area contributed by atoms with Crippen molar-refractivity contribution >= 4 is 36.7 Å². The van der Waals surface area contributed by atoms with Gasteiger partial charge in [-0.25, -0.2) is 9.97 Å². The zero-order valence-corrected chi connectivity index (χ0v) is 19.3. The summed E-state index contributed by atoms with van der Waals surface area (Å²) >= 11 is 0. The number of likely N-dealkylation sites (tertiary alicyclic amines) is 1. The van der Waals surface area contributed by atoms with Gasteiger partial charge in [-0.3, -0.25) is 4.79 Å². The smallest absolute Gasteiger partial charge is 0.225 e. The van der Waals surface area contributed by atoms with E-state index in [1.807, 2.05) is 11.0 Å². The Bertz CT molecular complexity index is 789. The van der Waals surface area contributed by atoms with Gasteiger partial charge in [-0.05, 0) is 24.1 Å². The Morgan fingerprint density at radius 1 is 0.968 bits per heavy atom. The van der Waals surface area contributed by atoms with E-state index in [1.54, 1.807) is 12.4 Å². The Labute approximate surface area is 196 Å². The minimum Gasteiger partial charge on any atom is -0.339 e. The molecule has 2 fully saturated rings. The van der Waals surface area contributed by atoms with Gasteiger partial charge in [0.15, 0.2) is 0 Å². The summed E-state index contributed by atoms with van der Waals surface area (Å²) in [5.41, 5.74) is 7.40. The summed E-state index contributed by atoms with van der Waals surface area (Å²) in [6.07, 6.45) is 4.08. The average molecular weight is 467 g/mol. The van der Waals surface area contributed by atoms with Gasteiger partial charge in [0.2, 0.25) is 11.9 Å². The summed E-state index contributed by atoms with van der Waals surface area (Å²) in [6.45, 7) is 6.48. The second-order valence-electron chi connectivity index (χ2n) is 7.94. The minimum absolute atomic E-state index is 0. The van der Waals surface area contributed by atoms with E-state index in [0.717, 1.165) is 51.8 Å². The van der Waals surface area contributed by atoms with Crippen LogP contribution in [-0.4, -0.2) is 78.0 Å². The van der Waals surface area contributed by atoms with Crippen molar-refractivity contribution in [1.82, 2.24) is 19.8 Å². The first-order valence-corrected chi connectivity index (χ1v) is 10.5. The molecule has 170 valence electrons. The molecule has 0 unspecified atom stereocenters. The van der Waals surface area contributed by atoms with E-state index in [1.165, 1.54) is 5.56 Å². The van der Waals surface area contributed by atoms with E-state index in [4.69, 9.17) is 5.73 Å². The average Bonchev–Trinajstić information content (AvgIpc) is 3.22. The zero-order valence-electron chi connectivity index (χ0n) is 17.7. The lowest BCUT2D eigenvalue weighted by Crippen LogP contribution is -2.49. The van der Waals surface area contributed by atoms with Gasteiger partial charge in [-0.2, -0.15) is 0 Å². The van der Waals surface area contributed by atoms with Crippen LogP contribution in [0.15, 0.2) is 48.8 Å². The SMILES string of the molecule is Cl.Cl.NC[C@@H]1CN(CCC(=O)N2CCN(c3ncccn3)CC2)C[C@H]1c1ccccc1. The van der Waals surface area contributed by atoms with Crippen LogP contribution in [0.1, 0.15) is 17.9 Å². The summed E-state index contributed by atoms with van der Waals surface area (Å²) in [4.78, 5) is 27.9. The molecule has 2 N–H and O–H groups in total. The molecule has 1 amide bonds. The third-order valence-electron chi connectivity index (χ3n) is 6.16. The molecule has 2 atom stereocenters. The molecule has 0 spiro atoms. The maximum Gasteiger partial charge on any atom is 0.225 e. The highest BCUT2D eigenvalue weighted by atomic mass is 35.5. The summed E-state index contributed by atoms with van der Waals surface area (Å²) in [5.74, 6) is 1.91. The molecule has 1 aromatic carbocycles. The second kappa shape index (κ2) is 12.2. The molecule has 0 saturated carbocycles. The standard InChI is InChI=1S/C22H30N6O.2ClH/c23-15-19-16-26(17-20(19)18-5-2-1-3-6-18)10-7-21(29)27-11-13-28(14-12-27)22-24-8-4-9-25-22;;/h1-6,8-9,19-20H,7,10-17,23H2;2*1H/t19-,20+;;/m1../s1. The molecule has 0 bridgehead atoms. The fourth-order valence-electron chi connectivity index (χ4n) is 4.48. The van der Waals surface area contributed by atoms with Gasteiger partial charge in [-0.1, -0.05) is 30.3 Å². The highest BCUT2D eigenvalue weighted by Gasteiger charge is 2.33. The Morgan fingerprint density at radius 2 is 1.65 bits per heavy atom. The highest BCUT2D eigenvalue weighted by molar-refractivity contribution is 5.85. The second-order valence-corrected chi connectivity index (χ2v) is 7.94. The molecule has 1 aromatic heterocycles. The van der Waals surface area contributed by atoms with Gasteiger partial charge in [-0.15, -0.1) is 24.8 Å². The first-order chi connectivity index (χ1) is 14.2. The van der Waals surface area contributed by atoms with Crippen LogP contribution in [0.4, 0.5) is 5.95 Å². The molecule has 2 aromatic rings. The summed E-state index contributed by atoms with van der Waals surface area (Å²) < 4.78 is 0. The summed E-state index contributed by atoms with van der Waals surface area (Å²) in [5, 5.41) is 0. The van der Waals surface area contributed by atoms with Crippen LogP contribution in [0.3, 0.4) is 0 Å². The molecular formula is C22H32Cl2N6O. The van der Waals surface area contributed by atoms with Crippen molar-refractivity contribution in [3.8, 4) is 0 Å². The molecule has 7 nitrogen and oxygen atoms in total. The Morgan fingerprint density at radius 3 is 2.29 bits per heavy atom. The number of nitrogens with two attached hydrogens (primary N) is 1. The maximum absolute atomic E-state index is 12.7. The van der Waals surface area contributed by atoms with Gasteiger partial charge in [0.1, 0.15) is 0 Å². The van der Waals surface area contributed by atoms with Gasteiger partial charge in [0.25, 0.3) is 0 Å². The number of piperazine rings is 1. The van der Waals surface area contributed by atoms with Gasteiger partial charge in [0.05, 0.1) is 0 Å². The molecular weight excluding hydrogens is 435 g/mol.